The lowest BCUT2D eigenvalue weighted by atomic mass is 9.96. The quantitative estimate of drug-likeness (QED) is 0.428. The predicted molar refractivity (Wildman–Crippen MR) is 37.1 cm³/mol. The Morgan fingerprint density at radius 1 is 1.15 bits per heavy atom. The number of hydrogen-bond acceptors (Lipinski definition) is 5. The van der Waals surface area contributed by atoms with Crippen LogP contribution in [0.15, 0.2) is 0 Å². The summed E-state index contributed by atoms with van der Waals surface area (Å²) >= 11 is 0. The zero-order chi connectivity index (χ0) is 11.4. The van der Waals surface area contributed by atoms with Crippen molar-refractivity contribution in [2.45, 2.75) is 18.4 Å². The standard InChI is InChI=1S/C6H8O7/c7-3(8)1-6(13,5(11)12)2-4(9)10/h13H,1-2H2,(H,7,8)(H,9,10)(H,11,12)/i/hD. The Morgan fingerprint density at radius 2 is 1.54 bits per heavy atom. The molecule has 4 N–H and O–H groups in total. The van der Waals surface area contributed by atoms with Crippen LogP contribution in [0.2, 0.25) is 0 Å². The van der Waals surface area contributed by atoms with E-state index in [9.17, 15) is 19.5 Å². The number of aliphatic hydroxyl groups is 1. The van der Waals surface area contributed by atoms with Crippen LogP contribution in [0.4, 0.5) is 0 Å². The number of rotatable bonds is 5. The highest BCUT2D eigenvalue weighted by molar-refractivity contribution is 5.88. The number of carbonyl (C=O) groups is 3. The second kappa shape index (κ2) is 3.85. The van der Waals surface area contributed by atoms with Gasteiger partial charge >= 0.3 is 17.9 Å². The van der Waals surface area contributed by atoms with Gasteiger partial charge in [-0.25, -0.2) is 4.79 Å². The smallest absolute Gasteiger partial charge is 0.336 e. The first-order valence-corrected chi connectivity index (χ1v) is 3.15. The van der Waals surface area contributed by atoms with E-state index >= 15 is 0 Å². The normalized spacial score (nSPS) is 11.6. The third-order valence-electron chi connectivity index (χ3n) is 1.27. The first-order valence-electron chi connectivity index (χ1n) is 3.56. The van der Waals surface area contributed by atoms with Crippen molar-refractivity contribution in [3.63, 3.8) is 0 Å². The van der Waals surface area contributed by atoms with Crippen molar-refractivity contribution < 1.29 is 34.8 Å². The molecule has 13 heavy (non-hydrogen) atoms. The molecule has 0 atom stereocenters. The molecule has 7 heteroatoms. The van der Waals surface area contributed by atoms with E-state index in [-0.39, 0.29) is 0 Å². The van der Waals surface area contributed by atoms with Crippen LogP contribution in [-0.4, -0.2) is 43.9 Å². The maximum atomic E-state index is 10.7. The molecule has 0 radical (unpaired) electrons. The van der Waals surface area contributed by atoms with Gasteiger partial charge in [0.05, 0.1) is 12.8 Å². The second-order valence-corrected chi connectivity index (χ2v) is 2.46. The van der Waals surface area contributed by atoms with Crippen molar-refractivity contribution in [2.75, 3.05) is 0 Å². The maximum absolute atomic E-state index is 10.7. The first-order chi connectivity index (χ1) is 6.31. The van der Waals surface area contributed by atoms with E-state index in [1.165, 1.54) is 0 Å². The molecule has 0 saturated carbocycles. The molecule has 0 aliphatic heterocycles. The fourth-order valence-corrected chi connectivity index (χ4v) is 0.707. The van der Waals surface area contributed by atoms with Crippen LogP contribution in [0.5, 0.6) is 0 Å². The van der Waals surface area contributed by atoms with E-state index < -0.39 is 36.4 Å². The molecule has 0 heterocycles. The molecule has 0 aliphatic carbocycles. The average Bonchev–Trinajstić information content (AvgIpc) is 1.99. The molecule has 0 spiro atoms. The van der Waals surface area contributed by atoms with E-state index in [1.54, 1.807) is 0 Å². The van der Waals surface area contributed by atoms with E-state index in [1.807, 2.05) is 0 Å². The lowest BCUT2D eigenvalue weighted by Crippen LogP contribution is -2.42. The van der Waals surface area contributed by atoms with Crippen molar-refractivity contribution in [1.82, 2.24) is 0 Å². The Labute approximate surface area is 73.7 Å². The largest absolute Gasteiger partial charge is 0.481 e. The Hall–Kier alpha value is -1.63. The Kier molecular flexibility index (Phi) is 2.80. The highest BCUT2D eigenvalue weighted by Gasteiger charge is 2.40. The SMILES string of the molecule is [2H]OC(=O)C(O)(CC(=O)O)CC(=O)O. The van der Waals surface area contributed by atoms with Gasteiger partial charge in [0.1, 0.15) is 0 Å². The maximum Gasteiger partial charge on any atom is 0.336 e. The summed E-state index contributed by atoms with van der Waals surface area (Å²) in [6.45, 7) is 0. The van der Waals surface area contributed by atoms with Crippen LogP contribution in [0.1, 0.15) is 12.8 Å². The molecule has 0 aliphatic rings. The highest BCUT2D eigenvalue weighted by Crippen LogP contribution is 2.15. The van der Waals surface area contributed by atoms with Crippen LogP contribution in [-0.2, 0) is 14.4 Å². The first kappa shape index (κ1) is 9.46. The van der Waals surface area contributed by atoms with Crippen LogP contribution < -0.4 is 0 Å². The van der Waals surface area contributed by atoms with Crippen molar-refractivity contribution in [3.05, 3.63) is 0 Å². The molecule has 0 bridgehead atoms. The van der Waals surface area contributed by atoms with Gasteiger partial charge in [0.25, 0.3) is 1.43 Å². The minimum Gasteiger partial charge on any atom is -0.481 e. The van der Waals surface area contributed by atoms with E-state index in [2.05, 4.69) is 5.11 Å². The molecule has 0 amide bonds. The van der Waals surface area contributed by atoms with E-state index in [4.69, 9.17) is 11.6 Å². The third-order valence-corrected chi connectivity index (χ3v) is 1.27. The Morgan fingerprint density at radius 3 is 1.77 bits per heavy atom. The summed E-state index contributed by atoms with van der Waals surface area (Å²) in [4.78, 5) is 31.1. The van der Waals surface area contributed by atoms with Gasteiger partial charge in [-0.15, -0.1) is 0 Å². The molecule has 0 aromatic heterocycles. The molecule has 74 valence electrons. The summed E-state index contributed by atoms with van der Waals surface area (Å²) < 4.78 is 6.16. The number of aliphatic carboxylic acids is 3. The van der Waals surface area contributed by atoms with Gasteiger partial charge in [0.2, 0.25) is 0 Å². The molecule has 7 nitrogen and oxygen atoms in total. The molecular formula is C6H8O7. The van der Waals surface area contributed by atoms with Crippen molar-refractivity contribution in [2.24, 2.45) is 0 Å². The van der Waals surface area contributed by atoms with Crippen LogP contribution in [0.25, 0.3) is 1.43 Å². The van der Waals surface area contributed by atoms with Crippen LogP contribution in [0.3, 0.4) is 0 Å². The number of carboxylic acid groups (broad SMARTS) is 3. The minimum absolute atomic E-state index is 1.13. The molecule has 0 rings (SSSR count). The molecule has 0 saturated heterocycles. The number of carboxylic acids is 3. The van der Waals surface area contributed by atoms with Gasteiger partial charge in [-0.2, -0.15) is 0 Å². The van der Waals surface area contributed by atoms with E-state index in [0.717, 1.165) is 0 Å². The van der Waals surface area contributed by atoms with Crippen LogP contribution in [0, 0.1) is 0 Å². The summed E-state index contributed by atoms with van der Waals surface area (Å²) in [6, 6.07) is 0. The second-order valence-electron chi connectivity index (χ2n) is 2.46. The third kappa shape index (κ3) is 3.52. The molecule has 0 aromatic carbocycles. The van der Waals surface area contributed by atoms with E-state index in [0.29, 0.717) is 0 Å². The average molecular weight is 193 g/mol. The monoisotopic (exact) mass is 193 g/mol. The van der Waals surface area contributed by atoms with Crippen molar-refractivity contribution >= 4 is 17.9 Å². The molecular weight excluding hydrogens is 184 g/mol. The summed E-state index contributed by atoms with van der Waals surface area (Å²) in [6.07, 6.45) is -2.26. The number of hydrogen-bond donors (Lipinski definition) is 4. The van der Waals surface area contributed by atoms with Gasteiger partial charge in [0, 0.05) is 0 Å². The summed E-state index contributed by atoms with van der Waals surface area (Å²) in [5.74, 6) is -4.75. The zero-order valence-electron chi connectivity index (χ0n) is 7.39. The Balaban J connectivity index is 4.74. The fourth-order valence-electron chi connectivity index (χ4n) is 0.707. The molecule has 0 unspecified atom stereocenters. The van der Waals surface area contributed by atoms with Gasteiger partial charge in [-0.1, -0.05) is 0 Å². The van der Waals surface area contributed by atoms with Gasteiger partial charge in [-0.3, -0.25) is 9.59 Å². The fraction of sp³-hybridized carbons (Fsp3) is 0.500. The van der Waals surface area contributed by atoms with Gasteiger partial charge in [-0.05, 0) is 0 Å². The highest BCUT2D eigenvalue weighted by atomic mass is 16.4. The lowest BCUT2D eigenvalue weighted by Gasteiger charge is -2.18. The lowest BCUT2D eigenvalue weighted by molar-refractivity contribution is -0.170. The van der Waals surface area contributed by atoms with Crippen molar-refractivity contribution in [1.29, 1.82) is 1.43 Å². The minimum atomic E-state index is -2.70. The summed E-state index contributed by atoms with van der Waals surface area (Å²) in [7, 11) is 0. The predicted octanol–water partition coefficient (Wildman–Crippen LogP) is -1.25. The van der Waals surface area contributed by atoms with Gasteiger partial charge < -0.3 is 20.4 Å². The Bertz CT molecular complexity index is 245. The summed E-state index contributed by atoms with van der Waals surface area (Å²) in [5.41, 5.74) is -2.70. The zero-order valence-corrected chi connectivity index (χ0v) is 6.39. The van der Waals surface area contributed by atoms with Gasteiger partial charge in [0.15, 0.2) is 5.60 Å². The van der Waals surface area contributed by atoms with Crippen LogP contribution >= 0.6 is 0 Å². The van der Waals surface area contributed by atoms with Crippen molar-refractivity contribution in [3.8, 4) is 0 Å². The molecule has 0 fully saturated rings. The summed E-state index contributed by atoms with van der Waals surface area (Å²) in [5, 5.41) is 29.2. The molecule has 0 aromatic rings. The topological polar surface area (TPSA) is 132 Å².